The van der Waals surface area contributed by atoms with Gasteiger partial charge >= 0.3 is 0 Å². The third-order valence-corrected chi connectivity index (χ3v) is 4.56. The molecule has 2 amide bonds. The first-order valence-corrected chi connectivity index (χ1v) is 10.0. The van der Waals surface area contributed by atoms with Crippen LogP contribution in [-0.4, -0.2) is 35.4 Å². The zero-order chi connectivity index (χ0) is 21.4. The Kier molecular flexibility index (Phi) is 7.82. The van der Waals surface area contributed by atoms with E-state index in [4.69, 9.17) is 4.74 Å². The highest BCUT2D eigenvalue weighted by Crippen LogP contribution is 2.19. The van der Waals surface area contributed by atoms with Crippen molar-refractivity contribution in [1.82, 2.24) is 10.2 Å². The molecule has 0 spiro atoms. The van der Waals surface area contributed by atoms with Crippen LogP contribution in [0, 0.1) is 0 Å². The number of carbonyl (C=O) groups is 2. The first-order valence-electron chi connectivity index (χ1n) is 10.0. The van der Waals surface area contributed by atoms with Crippen molar-refractivity contribution in [3.05, 3.63) is 65.7 Å². The largest absolute Gasteiger partial charge is 0.497 e. The zero-order valence-electron chi connectivity index (χ0n) is 18.1. The van der Waals surface area contributed by atoms with Crippen molar-refractivity contribution >= 4 is 11.8 Å². The van der Waals surface area contributed by atoms with Gasteiger partial charge < -0.3 is 15.0 Å². The van der Waals surface area contributed by atoms with Gasteiger partial charge in [-0.3, -0.25) is 9.59 Å². The standard InChI is InChI=1S/C24H32N2O3/c1-6-22(27)26(17-19-13-10-14-20(15-19)29-5)21(23(28)25-24(2,3)4)16-18-11-8-7-9-12-18/h7-15,21H,6,16-17H2,1-5H3,(H,25,28)/t21-/m1/s1. The summed E-state index contributed by atoms with van der Waals surface area (Å²) in [6.45, 7) is 8.00. The molecule has 0 radical (unpaired) electrons. The fourth-order valence-electron chi connectivity index (χ4n) is 3.18. The second kappa shape index (κ2) is 10.1. The van der Waals surface area contributed by atoms with E-state index in [0.29, 0.717) is 19.4 Å². The smallest absolute Gasteiger partial charge is 0.243 e. The Bertz CT molecular complexity index is 812. The van der Waals surface area contributed by atoms with E-state index in [1.807, 2.05) is 82.3 Å². The monoisotopic (exact) mass is 396 g/mol. The van der Waals surface area contributed by atoms with E-state index in [1.165, 1.54) is 0 Å². The number of hydrogen-bond donors (Lipinski definition) is 1. The van der Waals surface area contributed by atoms with Crippen molar-refractivity contribution in [3.8, 4) is 5.75 Å². The van der Waals surface area contributed by atoms with Crippen molar-refractivity contribution in [3.63, 3.8) is 0 Å². The van der Waals surface area contributed by atoms with Gasteiger partial charge in [-0.25, -0.2) is 0 Å². The number of ether oxygens (including phenoxy) is 1. The summed E-state index contributed by atoms with van der Waals surface area (Å²) < 4.78 is 5.31. The van der Waals surface area contributed by atoms with Gasteiger partial charge in [0.25, 0.3) is 0 Å². The molecule has 0 aliphatic rings. The lowest BCUT2D eigenvalue weighted by Crippen LogP contribution is -2.54. The Hall–Kier alpha value is -2.82. The van der Waals surface area contributed by atoms with E-state index in [0.717, 1.165) is 16.9 Å². The van der Waals surface area contributed by atoms with E-state index >= 15 is 0 Å². The molecule has 156 valence electrons. The minimum Gasteiger partial charge on any atom is -0.497 e. The summed E-state index contributed by atoms with van der Waals surface area (Å²) in [4.78, 5) is 27.8. The number of nitrogens with one attached hydrogen (secondary N) is 1. The highest BCUT2D eigenvalue weighted by Gasteiger charge is 2.31. The van der Waals surface area contributed by atoms with Crippen LogP contribution < -0.4 is 10.1 Å². The first kappa shape index (κ1) is 22.5. The molecule has 0 unspecified atom stereocenters. The number of carbonyl (C=O) groups excluding carboxylic acids is 2. The number of hydrogen-bond acceptors (Lipinski definition) is 3. The van der Waals surface area contributed by atoms with Crippen LogP contribution in [0.4, 0.5) is 0 Å². The highest BCUT2D eigenvalue weighted by molar-refractivity contribution is 5.88. The molecule has 0 fully saturated rings. The van der Waals surface area contributed by atoms with Gasteiger partial charge in [0, 0.05) is 24.9 Å². The molecule has 29 heavy (non-hydrogen) atoms. The number of rotatable bonds is 8. The maximum Gasteiger partial charge on any atom is 0.243 e. The normalized spacial score (nSPS) is 12.2. The van der Waals surface area contributed by atoms with Crippen LogP contribution in [0.15, 0.2) is 54.6 Å². The molecule has 1 N–H and O–H groups in total. The lowest BCUT2D eigenvalue weighted by molar-refractivity contribution is -0.141. The molecule has 2 rings (SSSR count). The van der Waals surface area contributed by atoms with E-state index in [9.17, 15) is 9.59 Å². The third-order valence-electron chi connectivity index (χ3n) is 4.56. The average Bonchev–Trinajstić information content (AvgIpc) is 2.69. The maximum atomic E-state index is 13.2. The fraction of sp³-hybridized carbons (Fsp3) is 0.417. The van der Waals surface area contributed by atoms with E-state index in [-0.39, 0.29) is 17.4 Å². The molecule has 0 bridgehead atoms. The first-order chi connectivity index (χ1) is 13.7. The molecule has 0 aromatic heterocycles. The van der Waals surface area contributed by atoms with Crippen LogP contribution in [0.25, 0.3) is 0 Å². The lowest BCUT2D eigenvalue weighted by atomic mass is 10.0. The molecule has 0 aliphatic heterocycles. The topological polar surface area (TPSA) is 58.6 Å². The summed E-state index contributed by atoms with van der Waals surface area (Å²) in [5, 5.41) is 3.05. The predicted molar refractivity (Wildman–Crippen MR) is 116 cm³/mol. The van der Waals surface area contributed by atoms with Crippen LogP contribution in [-0.2, 0) is 22.6 Å². The second-order valence-corrected chi connectivity index (χ2v) is 8.17. The quantitative estimate of drug-likeness (QED) is 0.735. The summed E-state index contributed by atoms with van der Waals surface area (Å²) in [6, 6.07) is 16.8. The van der Waals surface area contributed by atoms with Crippen molar-refractivity contribution in [2.75, 3.05) is 7.11 Å². The lowest BCUT2D eigenvalue weighted by Gasteiger charge is -2.33. The van der Waals surface area contributed by atoms with Gasteiger partial charge in [-0.15, -0.1) is 0 Å². The molecule has 5 nitrogen and oxygen atoms in total. The van der Waals surface area contributed by atoms with Crippen LogP contribution in [0.5, 0.6) is 5.75 Å². The summed E-state index contributed by atoms with van der Waals surface area (Å²) in [7, 11) is 1.61. The fourth-order valence-corrected chi connectivity index (χ4v) is 3.18. The molecule has 0 aliphatic carbocycles. The number of amides is 2. The maximum absolute atomic E-state index is 13.2. The van der Waals surface area contributed by atoms with Crippen LogP contribution in [0.3, 0.4) is 0 Å². The Balaban J connectivity index is 2.39. The average molecular weight is 397 g/mol. The molecular weight excluding hydrogens is 364 g/mol. The van der Waals surface area contributed by atoms with Crippen LogP contribution >= 0.6 is 0 Å². The van der Waals surface area contributed by atoms with Crippen LogP contribution in [0.2, 0.25) is 0 Å². The Morgan fingerprint density at radius 1 is 1.03 bits per heavy atom. The molecule has 0 heterocycles. The number of nitrogens with zero attached hydrogens (tertiary/aromatic N) is 1. The molecule has 5 heteroatoms. The molecule has 0 saturated carbocycles. The summed E-state index contributed by atoms with van der Waals surface area (Å²) in [6.07, 6.45) is 0.788. The minimum atomic E-state index is -0.602. The van der Waals surface area contributed by atoms with Crippen molar-refractivity contribution in [2.45, 2.75) is 58.7 Å². The summed E-state index contributed by atoms with van der Waals surface area (Å²) in [5.41, 5.74) is 1.55. The summed E-state index contributed by atoms with van der Waals surface area (Å²) >= 11 is 0. The van der Waals surface area contributed by atoms with E-state index in [2.05, 4.69) is 5.32 Å². The van der Waals surface area contributed by atoms with Gasteiger partial charge in [0.1, 0.15) is 11.8 Å². The molecule has 1 atom stereocenters. The van der Waals surface area contributed by atoms with Gasteiger partial charge in [0.05, 0.1) is 7.11 Å². The third kappa shape index (κ3) is 6.93. The Morgan fingerprint density at radius 3 is 2.28 bits per heavy atom. The number of methoxy groups -OCH3 is 1. The molecular formula is C24H32N2O3. The van der Waals surface area contributed by atoms with Gasteiger partial charge in [0.15, 0.2) is 0 Å². The van der Waals surface area contributed by atoms with E-state index < -0.39 is 6.04 Å². The van der Waals surface area contributed by atoms with Crippen molar-refractivity contribution in [1.29, 1.82) is 0 Å². The highest BCUT2D eigenvalue weighted by atomic mass is 16.5. The van der Waals surface area contributed by atoms with Gasteiger partial charge in [-0.05, 0) is 44.0 Å². The molecule has 2 aromatic carbocycles. The van der Waals surface area contributed by atoms with Crippen molar-refractivity contribution in [2.24, 2.45) is 0 Å². The van der Waals surface area contributed by atoms with Gasteiger partial charge in [0.2, 0.25) is 11.8 Å². The zero-order valence-corrected chi connectivity index (χ0v) is 18.1. The Labute approximate surface area is 174 Å². The van der Waals surface area contributed by atoms with Crippen molar-refractivity contribution < 1.29 is 14.3 Å². The summed E-state index contributed by atoms with van der Waals surface area (Å²) in [5.74, 6) is 0.522. The van der Waals surface area contributed by atoms with Crippen LogP contribution in [0.1, 0.15) is 45.2 Å². The Morgan fingerprint density at radius 2 is 1.69 bits per heavy atom. The predicted octanol–water partition coefficient (Wildman–Crippen LogP) is 3.96. The SMILES string of the molecule is CCC(=O)N(Cc1cccc(OC)c1)[C@H](Cc1ccccc1)C(=O)NC(C)(C)C. The molecule has 0 saturated heterocycles. The van der Waals surface area contributed by atoms with Gasteiger partial charge in [-0.1, -0.05) is 49.4 Å². The minimum absolute atomic E-state index is 0.0576. The second-order valence-electron chi connectivity index (χ2n) is 8.17. The number of benzene rings is 2. The van der Waals surface area contributed by atoms with Gasteiger partial charge in [-0.2, -0.15) is 0 Å². The van der Waals surface area contributed by atoms with E-state index in [1.54, 1.807) is 12.0 Å². The molecule has 2 aromatic rings.